The van der Waals surface area contributed by atoms with Crippen molar-refractivity contribution in [3.8, 4) is 11.4 Å². The lowest BCUT2D eigenvalue weighted by Crippen LogP contribution is -2.52. The molecule has 2 aromatic rings. The summed E-state index contributed by atoms with van der Waals surface area (Å²) in [4.78, 5) is 16.4. The summed E-state index contributed by atoms with van der Waals surface area (Å²) in [5, 5.41) is 3.75. The quantitative estimate of drug-likeness (QED) is 0.869. The molecule has 2 aliphatic rings. The molecule has 1 N–H and O–H groups in total. The number of fused-ring (bicyclic) bond motifs is 1. The van der Waals surface area contributed by atoms with Crippen molar-refractivity contribution in [1.82, 2.24) is 19.9 Å². The van der Waals surface area contributed by atoms with Crippen LogP contribution < -0.4 is 5.32 Å². The number of hydrogen-bond donors (Lipinski definition) is 1. The molecule has 144 valence electrons. The van der Waals surface area contributed by atoms with Gasteiger partial charge in [-0.05, 0) is 64.3 Å². The predicted molar refractivity (Wildman–Crippen MR) is 110 cm³/mol. The summed E-state index contributed by atoms with van der Waals surface area (Å²) in [5.74, 6) is 2.61. The molecule has 0 aliphatic heterocycles. The number of anilines is 1. The Morgan fingerprint density at radius 1 is 1.22 bits per heavy atom. The third kappa shape index (κ3) is 3.70. The van der Waals surface area contributed by atoms with Crippen molar-refractivity contribution in [3.05, 3.63) is 35.8 Å². The molecule has 0 saturated heterocycles. The molecule has 0 spiro atoms. The number of pyridine rings is 1. The van der Waals surface area contributed by atoms with Crippen LogP contribution in [0.1, 0.15) is 50.3 Å². The summed E-state index contributed by atoms with van der Waals surface area (Å²) in [5.41, 5.74) is 3.73. The number of nitrogens with zero attached hydrogens (tertiary/aromatic N) is 4. The van der Waals surface area contributed by atoms with Crippen LogP contribution in [0.25, 0.3) is 11.4 Å². The maximum atomic E-state index is 4.93. The molecule has 2 aromatic heterocycles. The molecule has 1 fully saturated rings. The molecule has 5 nitrogen and oxygen atoms in total. The molecule has 0 radical (unpaired) electrons. The highest BCUT2D eigenvalue weighted by molar-refractivity contribution is 5.60. The molecular formula is C22H31N5. The summed E-state index contributed by atoms with van der Waals surface area (Å²) >= 11 is 0. The van der Waals surface area contributed by atoms with E-state index >= 15 is 0 Å². The van der Waals surface area contributed by atoms with Crippen molar-refractivity contribution < 1.29 is 0 Å². The van der Waals surface area contributed by atoms with E-state index in [1.807, 2.05) is 18.3 Å². The van der Waals surface area contributed by atoms with Crippen LogP contribution in [0.15, 0.2) is 24.5 Å². The molecule has 1 saturated carbocycles. The van der Waals surface area contributed by atoms with E-state index in [1.54, 1.807) is 6.20 Å². The Labute approximate surface area is 162 Å². The second-order valence-electron chi connectivity index (χ2n) is 8.59. The first kappa shape index (κ1) is 18.4. The van der Waals surface area contributed by atoms with Crippen molar-refractivity contribution in [1.29, 1.82) is 0 Å². The molecule has 2 aliphatic carbocycles. The summed E-state index contributed by atoms with van der Waals surface area (Å²) in [6, 6.07) is 3.99. The van der Waals surface area contributed by atoms with E-state index in [9.17, 15) is 0 Å². The van der Waals surface area contributed by atoms with Crippen molar-refractivity contribution in [2.75, 3.05) is 26.0 Å². The van der Waals surface area contributed by atoms with Gasteiger partial charge in [0.25, 0.3) is 0 Å². The van der Waals surface area contributed by atoms with Crippen molar-refractivity contribution in [3.63, 3.8) is 0 Å². The normalized spacial score (nSPS) is 24.8. The van der Waals surface area contributed by atoms with Gasteiger partial charge in [-0.15, -0.1) is 0 Å². The van der Waals surface area contributed by atoms with Crippen LogP contribution in [-0.2, 0) is 12.8 Å². The summed E-state index contributed by atoms with van der Waals surface area (Å²) in [6.45, 7) is 3.33. The number of nitrogens with one attached hydrogen (secondary N) is 1. The summed E-state index contributed by atoms with van der Waals surface area (Å²) in [7, 11) is 4.45. The van der Waals surface area contributed by atoms with Crippen LogP contribution >= 0.6 is 0 Å². The third-order valence-corrected chi connectivity index (χ3v) is 6.45. The molecule has 5 heteroatoms. The Bertz CT molecular complexity index is 789. The average molecular weight is 366 g/mol. The lowest BCUT2D eigenvalue weighted by molar-refractivity contribution is 0.0881. The van der Waals surface area contributed by atoms with Crippen molar-refractivity contribution in [2.45, 2.75) is 57.4 Å². The standard InChI is InChI=1S/C22H31N5/c1-16-7-5-11-22(13-16,27(2)3)15-24-21-18-9-4-10-19(18)25-20(26-21)17-8-6-12-23-14-17/h6,8,12,14,16H,4-5,7,9-11,13,15H2,1-3H3,(H,24,25,26). The lowest BCUT2D eigenvalue weighted by Gasteiger charge is -2.45. The highest BCUT2D eigenvalue weighted by Crippen LogP contribution is 2.36. The van der Waals surface area contributed by atoms with Gasteiger partial charge in [0.15, 0.2) is 5.82 Å². The number of likely N-dealkylation sites (N-methyl/N-ethyl adjacent to an activating group) is 1. The molecule has 2 unspecified atom stereocenters. The van der Waals surface area contributed by atoms with Crippen LogP contribution in [-0.4, -0.2) is 46.0 Å². The SMILES string of the molecule is CC1CCCC(CNc2nc(-c3cccnc3)nc3c2CCC3)(N(C)C)C1. The van der Waals surface area contributed by atoms with Crippen LogP contribution in [0, 0.1) is 5.92 Å². The summed E-state index contributed by atoms with van der Waals surface area (Å²) in [6.07, 6.45) is 12.1. The lowest BCUT2D eigenvalue weighted by atomic mass is 9.75. The molecule has 2 atom stereocenters. The minimum absolute atomic E-state index is 0.211. The minimum Gasteiger partial charge on any atom is -0.368 e. The largest absolute Gasteiger partial charge is 0.368 e. The van der Waals surface area contributed by atoms with E-state index in [1.165, 1.54) is 43.4 Å². The van der Waals surface area contributed by atoms with Gasteiger partial charge in [0.1, 0.15) is 5.82 Å². The van der Waals surface area contributed by atoms with Crippen molar-refractivity contribution in [2.24, 2.45) is 5.92 Å². The number of aromatic nitrogens is 3. The van der Waals surface area contributed by atoms with E-state index in [4.69, 9.17) is 9.97 Å². The molecule has 0 aromatic carbocycles. The minimum atomic E-state index is 0.211. The Kier molecular flexibility index (Phi) is 5.13. The number of rotatable bonds is 5. The Morgan fingerprint density at radius 3 is 2.85 bits per heavy atom. The molecule has 0 amide bonds. The highest BCUT2D eigenvalue weighted by atomic mass is 15.2. The Morgan fingerprint density at radius 2 is 2.11 bits per heavy atom. The zero-order valence-corrected chi connectivity index (χ0v) is 16.8. The molecule has 4 rings (SSSR count). The van der Waals surface area contributed by atoms with E-state index in [-0.39, 0.29) is 5.54 Å². The fraction of sp³-hybridized carbons (Fsp3) is 0.591. The predicted octanol–water partition coefficient (Wildman–Crippen LogP) is 3.95. The van der Waals surface area contributed by atoms with Gasteiger partial charge < -0.3 is 10.2 Å². The Balaban J connectivity index is 1.62. The van der Waals surface area contributed by atoms with Gasteiger partial charge in [-0.3, -0.25) is 4.98 Å². The first-order valence-corrected chi connectivity index (χ1v) is 10.3. The van der Waals surface area contributed by atoms with Gasteiger partial charge in [0.05, 0.1) is 0 Å². The van der Waals surface area contributed by atoms with E-state index in [0.717, 1.165) is 42.5 Å². The average Bonchev–Trinajstić information content (AvgIpc) is 3.15. The third-order valence-electron chi connectivity index (χ3n) is 6.45. The molecule has 27 heavy (non-hydrogen) atoms. The topological polar surface area (TPSA) is 53.9 Å². The first-order valence-electron chi connectivity index (χ1n) is 10.3. The zero-order valence-electron chi connectivity index (χ0n) is 16.8. The van der Waals surface area contributed by atoms with Gasteiger partial charge in [-0.2, -0.15) is 0 Å². The molecule has 2 heterocycles. The van der Waals surface area contributed by atoms with Crippen LogP contribution in [0.4, 0.5) is 5.82 Å². The Hall–Kier alpha value is -2.01. The second-order valence-corrected chi connectivity index (χ2v) is 8.59. The maximum Gasteiger partial charge on any atom is 0.163 e. The van der Waals surface area contributed by atoms with E-state index in [0.29, 0.717) is 0 Å². The number of hydrogen-bond acceptors (Lipinski definition) is 5. The molecule has 0 bridgehead atoms. The highest BCUT2D eigenvalue weighted by Gasteiger charge is 2.37. The fourth-order valence-electron chi connectivity index (χ4n) is 4.81. The molecular weight excluding hydrogens is 334 g/mol. The van der Waals surface area contributed by atoms with E-state index in [2.05, 4.69) is 36.2 Å². The van der Waals surface area contributed by atoms with Gasteiger partial charge in [-0.1, -0.05) is 19.8 Å². The zero-order chi connectivity index (χ0) is 18.9. The number of aryl methyl sites for hydroxylation is 1. The maximum absolute atomic E-state index is 4.93. The van der Waals surface area contributed by atoms with Crippen LogP contribution in [0.5, 0.6) is 0 Å². The first-order chi connectivity index (χ1) is 13.1. The summed E-state index contributed by atoms with van der Waals surface area (Å²) < 4.78 is 0. The van der Waals surface area contributed by atoms with Crippen LogP contribution in [0.3, 0.4) is 0 Å². The van der Waals surface area contributed by atoms with Gasteiger partial charge in [-0.25, -0.2) is 9.97 Å². The van der Waals surface area contributed by atoms with Gasteiger partial charge >= 0.3 is 0 Å². The van der Waals surface area contributed by atoms with Gasteiger partial charge in [0, 0.05) is 41.3 Å². The monoisotopic (exact) mass is 365 g/mol. The van der Waals surface area contributed by atoms with Crippen molar-refractivity contribution >= 4 is 5.82 Å². The van der Waals surface area contributed by atoms with Gasteiger partial charge in [0.2, 0.25) is 0 Å². The van der Waals surface area contributed by atoms with E-state index < -0.39 is 0 Å². The second kappa shape index (κ2) is 7.55. The smallest absolute Gasteiger partial charge is 0.163 e. The van der Waals surface area contributed by atoms with Crippen LogP contribution in [0.2, 0.25) is 0 Å². The fourth-order valence-corrected chi connectivity index (χ4v) is 4.81.